The van der Waals surface area contributed by atoms with Crippen molar-refractivity contribution in [3.8, 4) is 5.75 Å². The number of phenols is 1. The molecule has 0 radical (unpaired) electrons. The summed E-state index contributed by atoms with van der Waals surface area (Å²) in [6, 6.07) is 9.25. The molecule has 114 valence electrons. The van der Waals surface area contributed by atoms with Gasteiger partial charge in [-0.1, -0.05) is 12.1 Å². The number of hydrogen-bond donors (Lipinski definition) is 2. The summed E-state index contributed by atoms with van der Waals surface area (Å²) in [6.45, 7) is 0.112. The third-order valence-corrected chi connectivity index (χ3v) is 3.38. The number of benzene rings is 2. The van der Waals surface area contributed by atoms with Crippen LogP contribution < -0.4 is 5.69 Å². The van der Waals surface area contributed by atoms with Crippen LogP contribution in [0.25, 0.3) is 11.0 Å². The Morgan fingerprint density at radius 1 is 1.09 bits per heavy atom. The van der Waals surface area contributed by atoms with Gasteiger partial charge in [0.05, 0.1) is 23.1 Å². The first-order valence-electron chi connectivity index (χ1n) is 6.42. The van der Waals surface area contributed by atoms with Gasteiger partial charge in [0, 0.05) is 0 Å². The molecular weight excluding hydrogens is 297 g/mol. The predicted molar refractivity (Wildman–Crippen MR) is 74.8 cm³/mol. The number of H-pyrrole nitrogens is 1. The second-order valence-electron chi connectivity index (χ2n) is 4.91. The van der Waals surface area contributed by atoms with Crippen molar-refractivity contribution in [2.45, 2.75) is 12.7 Å². The Morgan fingerprint density at radius 2 is 1.77 bits per heavy atom. The van der Waals surface area contributed by atoms with Crippen molar-refractivity contribution in [2.24, 2.45) is 0 Å². The number of nitrogens with one attached hydrogen (secondary N) is 1. The molecule has 0 atom stereocenters. The van der Waals surface area contributed by atoms with Gasteiger partial charge >= 0.3 is 11.9 Å². The summed E-state index contributed by atoms with van der Waals surface area (Å²) in [6.07, 6.45) is -4.47. The summed E-state index contributed by atoms with van der Waals surface area (Å²) >= 11 is 0. The normalized spacial score (nSPS) is 12.0. The molecule has 0 aliphatic rings. The summed E-state index contributed by atoms with van der Waals surface area (Å²) in [4.78, 5) is 14.5. The Kier molecular flexibility index (Phi) is 3.20. The van der Waals surface area contributed by atoms with Gasteiger partial charge in [0.15, 0.2) is 0 Å². The molecule has 0 saturated heterocycles. The van der Waals surface area contributed by atoms with Crippen LogP contribution in [0.5, 0.6) is 5.75 Å². The molecule has 2 aromatic carbocycles. The molecule has 1 aromatic heterocycles. The van der Waals surface area contributed by atoms with Gasteiger partial charge in [0.2, 0.25) is 0 Å². The monoisotopic (exact) mass is 308 g/mol. The number of halogens is 3. The second kappa shape index (κ2) is 4.94. The smallest absolute Gasteiger partial charge is 0.416 e. The van der Waals surface area contributed by atoms with Crippen molar-refractivity contribution >= 4 is 11.0 Å². The van der Waals surface area contributed by atoms with Gasteiger partial charge in [-0.15, -0.1) is 0 Å². The van der Waals surface area contributed by atoms with Gasteiger partial charge in [0.1, 0.15) is 5.75 Å². The zero-order valence-corrected chi connectivity index (χ0v) is 11.2. The lowest BCUT2D eigenvalue weighted by atomic mass is 10.2. The lowest BCUT2D eigenvalue weighted by Crippen LogP contribution is -2.17. The molecule has 4 nitrogen and oxygen atoms in total. The van der Waals surface area contributed by atoms with E-state index in [1.165, 1.54) is 22.8 Å². The minimum Gasteiger partial charge on any atom is -0.508 e. The number of imidazole rings is 1. The fourth-order valence-corrected chi connectivity index (χ4v) is 2.27. The third kappa shape index (κ3) is 2.57. The van der Waals surface area contributed by atoms with E-state index in [0.29, 0.717) is 11.1 Å². The van der Waals surface area contributed by atoms with Crippen molar-refractivity contribution < 1.29 is 18.3 Å². The Morgan fingerprint density at radius 3 is 2.41 bits per heavy atom. The molecule has 0 aliphatic carbocycles. The van der Waals surface area contributed by atoms with E-state index in [9.17, 15) is 23.1 Å². The summed E-state index contributed by atoms with van der Waals surface area (Å²) in [5.41, 5.74) is -0.0660. The molecule has 3 aromatic rings. The van der Waals surface area contributed by atoms with Crippen LogP contribution in [-0.2, 0) is 12.7 Å². The first-order valence-corrected chi connectivity index (χ1v) is 6.42. The van der Waals surface area contributed by atoms with Gasteiger partial charge in [-0.2, -0.15) is 13.2 Å². The van der Waals surface area contributed by atoms with E-state index in [1.54, 1.807) is 12.1 Å². The van der Waals surface area contributed by atoms with E-state index in [4.69, 9.17) is 0 Å². The molecule has 0 aliphatic heterocycles. The van der Waals surface area contributed by atoms with E-state index in [-0.39, 0.29) is 17.8 Å². The number of rotatable bonds is 2. The summed E-state index contributed by atoms with van der Waals surface area (Å²) in [5.74, 6) is 0.0781. The minimum atomic E-state index is -4.47. The molecule has 1 heterocycles. The van der Waals surface area contributed by atoms with E-state index >= 15 is 0 Å². The van der Waals surface area contributed by atoms with Crippen molar-refractivity contribution in [2.75, 3.05) is 0 Å². The number of alkyl halides is 3. The van der Waals surface area contributed by atoms with Gasteiger partial charge in [-0.25, -0.2) is 4.79 Å². The van der Waals surface area contributed by atoms with Crippen LogP contribution in [0, 0.1) is 0 Å². The maximum Gasteiger partial charge on any atom is 0.416 e. The number of hydrogen-bond acceptors (Lipinski definition) is 2. The molecule has 0 fully saturated rings. The quantitative estimate of drug-likeness (QED) is 0.764. The summed E-state index contributed by atoms with van der Waals surface area (Å²) < 4.78 is 39.6. The molecule has 0 amide bonds. The van der Waals surface area contributed by atoms with Crippen LogP contribution in [0.1, 0.15) is 11.1 Å². The van der Waals surface area contributed by atoms with E-state index in [0.717, 1.165) is 12.1 Å². The highest BCUT2D eigenvalue weighted by molar-refractivity contribution is 5.76. The SMILES string of the molecule is O=c1[nH]c2ccc(C(F)(F)F)cc2n1Cc1ccc(O)cc1. The Labute approximate surface area is 122 Å². The van der Waals surface area contributed by atoms with Crippen LogP contribution in [-0.4, -0.2) is 14.7 Å². The maximum atomic E-state index is 12.8. The minimum absolute atomic E-state index is 0.0781. The Balaban J connectivity index is 2.10. The van der Waals surface area contributed by atoms with Crippen LogP contribution in [0.4, 0.5) is 13.2 Å². The number of aromatic hydroxyl groups is 1. The number of aromatic nitrogens is 2. The molecular formula is C15H11F3N2O2. The van der Waals surface area contributed by atoms with Crippen molar-refractivity contribution in [1.82, 2.24) is 9.55 Å². The van der Waals surface area contributed by atoms with Crippen molar-refractivity contribution in [3.05, 3.63) is 64.1 Å². The molecule has 7 heteroatoms. The summed E-state index contributed by atoms with van der Waals surface area (Å²) in [5, 5.41) is 9.24. The van der Waals surface area contributed by atoms with E-state index in [2.05, 4.69) is 4.98 Å². The average molecular weight is 308 g/mol. The largest absolute Gasteiger partial charge is 0.508 e. The topological polar surface area (TPSA) is 58.0 Å². The Bertz CT molecular complexity index is 876. The highest BCUT2D eigenvalue weighted by Gasteiger charge is 2.31. The van der Waals surface area contributed by atoms with E-state index < -0.39 is 17.4 Å². The lowest BCUT2D eigenvalue weighted by molar-refractivity contribution is -0.137. The molecule has 22 heavy (non-hydrogen) atoms. The van der Waals surface area contributed by atoms with Crippen molar-refractivity contribution in [1.29, 1.82) is 0 Å². The highest BCUT2D eigenvalue weighted by atomic mass is 19.4. The van der Waals surface area contributed by atoms with Gasteiger partial charge < -0.3 is 10.1 Å². The molecule has 0 bridgehead atoms. The predicted octanol–water partition coefficient (Wildman–Crippen LogP) is 3.10. The third-order valence-electron chi connectivity index (χ3n) is 3.38. The zero-order chi connectivity index (χ0) is 15.9. The molecule has 0 saturated carbocycles. The number of fused-ring (bicyclic) bond motifs is 1. The number of nitrogens with zero attached hydrogens (tertiary/aromatic N) is 1. The first-order chi connectivity index (χ1) is 10.3. The molecule has 2 N–H and O–H groups in total. The van der Waals surface area contributed by atoms with E-state index in [1.807, 2.05) is 0 Å². The lowest BCUT2D eigenvalue weighted by Gasteiger charge is -2.08. The summed E-state index contributed by atoms with van der Waals surface area (Å²) in [7, 11) is 0. The van der Waals surface area contributed by atoms with Crippen LogP contribution in [0.2, 0.25) is 0 Å². The van der Waals surface area contributed by atoms with Crippen LogP contribution in [0.3, 0.4) is 0 Å². The molecule has 0 spiro atoms. The highest BCUT2D eigenvalue weighted by Crippen LogP contribution is 2.31. The number of aromatic amines is 1. The fourth-order valence-electron chi connectivity index (χ4n) is 2.27. The molecule has 0 unspecified atom stereocenters. The maximum absolute atomic E-state index is 12.8. The average Bonchev–Trinajstić information content (AvgIpc) is 2.76. The number of phenolic OH excluding ortho intramolecular Hbond substituents is 1. The van der Waals surface area contributed by atoms with Gasteiger partial charge in [-0.3, -0.25) is 4.57 Å². The second-order valence-corrected chi connectivity index (χ2v) is 4.91. The van der Waals surface area contributed by atoms with Crippen molar-refractivity contribution in [3.63, 3.8) is 0 Å². The molecule has 3 rings (SSSR count). The van der Waals surface area contributed by atoms with Crippen LogP contribution >= 0.6 is 0 Å². The fraction of sp³-hybridized carbons (Fsp3) is 0.133. The van der Waals surface area contributed by atoms with Crippen LogP contribution in [0.15, 0.2) is 47.3 Å². The zero-order valence-electron chi connectivity index (χ0n) is 11.2. The van der Waals surface area contributed by atoms with Gasteiger partial charge in [-0.05, 0) is 35.9 Å². The standard InChI is InChI=1S/C15H11F3N2O2/c16-15(17,18)10-3-6-12-13(7-10)20(14(22)19-12)8-9-1-4-11(21)5-2-9/h1-7,21H,8H2,(H,19,22). The van der Waals surface area contributed by atoms with Gasteiger partial charge in [0.25, 0.3) is 0 Å². The first kappa shape index (κ1) is 14.2. The Hall–Kier alpha value is -2.70.